The van der Waals surface area contributed by atoms with Gasteiger partial charge in [0.25, 0.3) is 5.91 Å². The maximum atomic E-state index is 12.9. The lowest BCUT2D eigenvalue weighted by Gasteiger charge is -2.13. The van der Waals surface area contributed by atoms with Gasteiger partial charge in [0.05, 0.1) is 5.56 Å². The third-order valence-corrected chi connectivity index (χ3v) is 4.11. The van der Waals surface area contributed by atoms with Gasteiger partial charge >= 0.3 is 0 Å². The fraction of sp³-hybridized carbons (Fsp3) is 0.0909. The summed E-state index contributed by atoms with van der Waals surface area (Å²) in [7, 11) is 0. The summed E-state index contributed by atoms with van der Waals surface area (Å²) in [6, 6.07) is 23.5. The molecule has 0 radical (unpaired) electrons. The number of hydrogen-bond acceptors (Lipinski definition) is 4. The zero-order valence-corrected chi connectivity index (χ0v) is 15.1. The quantitative estimate of drug-likeness (QED) is 0.427. The maximum absolute atomic E-state index is 12.9. The van der Waals surface area contributed by atoms with Crippen molar-refractivity contribution < 1.29 is 19.5 Å². The Bertz CT molecular complexity index is 958. The van der Waals surface area contributed by atoms with Crippen molar-refractivity contribution in [3.63, 3.8) is 0 Å². The summed E-state index contributed by atoms with van der Waals surface area (Å²) in [5, 5.41) is 11.5. The molecule has 0 aliphatic rings. The fourth-order valence-corrected chi connectivity index (χ4v) is 2.71. The van der Waals surface area contributed by atoms with Crippen LogP contribution in [-0.2, 0) is 11.2 Å². The average molecular weight is 376 g/mol. The molecule has 6 nitrogen and oxygen atoms in total. The smallest absolute Gasteiger partial charge is 0.259 e. The summed E-state index contributed by atoms with van der Waals surface area (Å²) >= 11 is 0. The SMILES string of the molecule is O=C(CCc1ccccc1NC(=O)c1ccccc1Oc1ccccc1)NO. The summed E-state index contributed by atoms with van der Waals surface area (Å²) in [5.41, 5.74) is 3.40. The van der Waals surface area contributed by atoms with Crippen molar-refractivity contribution >= 4 is 17.5 Å². The predicted molar refractivity (Wildman–Crippen MR) is 106 cm³/mol. The minimum Gasteiger partial charge on any atom is -0.457 e. The van der Waals surface area contributed by atoms with Crippen molar-refractivity contribution in [2.45, 2.75) is 12.8 Å². The van der Waals surface area contributed by atoms with Crippen LogP contribution in [0.5, 0.6) is 11.5 Å². The summed E-state index contributed by atoms with van der Waals surface area (Å²) in [6.07, 6.45) is 0.488. The Balaban J connectivity index is 1.78. The second-order valence-corrected chi connectivity index (χ2v) is 6.06. The van der Waals surface area contributed by atoms with Crippen LogP contribution in [0.1, 0.15) is 22.3 Å². The highest BCUT2D eigenvalue weighted by Crippen LogP contribution is 2.26. The minimum absolute atomic E-state index is 0.108. The Labute approximate surface area is 162 Å². The van der Waals surface area contributed by atoms with Crippen LogP contribution < -0.4 is 15.5 Å². The lowest BCUT2D eigenvalue weighted by molar-refractivity contribution is -0.129. The van der Waals surface area contributed by atoms with Gasteiger partial charge in [-0.1, -0.05) is 48.5 Å². The van der Waals surface area contributed by atoms with E-state index in [9.17, 15) is 9.59 Å². The Morgan fingerprint density at radius 2 is 1.54 bits per heavy atom. The average Bonchev–Trinajstić information content (AvgIpc) is 2.74. The van der Waals surface area contributed by atoms with Gasteiger partial charge in [-0.3, -0.25) is 14.8 Å². The number of rotatable bonds is 7. The molecule has 3 aromatic carbocycles. The number of benzene rings is 3. The Morgan fingerprint density at radius 1 is 0.857 bits per heavy atom. The van der Waals surface area contributed by atoms with E-state index < -0.39 is 5.91 Å². The summed E-state index contributed by atoms with van der Waals surface area (Å²) in [5.74, 6) is 0.287. The molecule has 0 unspecified atom stereocenters. The van der Waals surface area contributed by atoms with E-state index in [0.29, 0.717) is 29.2 Å². The molecule has 2 amide bonds. The van der Waals surface area contributed by atoms with Crippen LogP contribution in [0.3, 0.4) is 0 Å². The zero-order chi connectivity index (χ0) is 19.8. The molecule has 0 atom stereocenters. The van der Waals surface area contributed by atoms with Gasteiger partial charge in [0.15, 0.2) is 0 Å². The molecule has 0 fully saturated rings. The van der Waals surface area contributed by atoms with Crippen LogP contribution in [0.25, 0.3) is 0 Å². The molecule has 0 heterocycles. The topological polar surface area (TPSA) is 87.7 Å². The molecule has 0 saturated heterocycles. The van der Waals surface area contributed by atoms with E-state index in [1.807, 2.05) is 42.5 Å². The van der Waals surface area contributed by atoms with E-state index in [4.69, 9.17) is 9.94 Å². The Hall–Kier alpha value is -3.64. The monoisotopic (exact) mass is 376 g/mol. The predicted octanol–water partition coefficient (Wildman–Crippen LogP) is 4.17. The van der Waals surface area contributed by atoms with Gasteiger partial charge in [-0.15, -0.1) is 0 Å². The number of hydrogen-bond donors (Lipinski definition) is 3. The first-order valence-electron chi connectivity index (χ1n) is 8.81. The largest absolute Gasteiger partial charge is 0.457 e. The van der Waals surface area contributed by atoms with Crippen LogP contribution >= 0.6 is 0 Å². The standard InChI is InChI=1S/C22H20N2O4/c25-21(24-27)15-14-16-8-4-6-12-19(16)23-22(26)18-11-5-7-13-20(18)28-17-9-2-1-3-10-17/h1-13,27H,14-15H2,(H,23,26)(H,24,25). The number of ether oxygens (including phenoxy) is 1. The molecule has 3 rings (SSSR count). The van der Waals surface area contributed by atoms with Gasteiger partial charge in [0, 0.05) is 12.1 Å². The van der Waals surface area contributed by atoms with Crippen molar-refractivity contribution in [3.8, 4) is 11.5 Å². The van der Waals surface area contributed by atoms with E-state index >= 15 is 0 Å². The first-order chi connectivity index (χ1) is 13.7. The number of anilines is 1. The molecule has 28 heavy (non-hydrogen) atoms. The van der Waals surface area contributed by atoms with E-state index in [-0.39, 0.29) is 12.3 Å². The molecular weight excluding hydrogens is 356 g/mol. The zero-order valence-electron chi connectivity index (χ0n) is 15.1. The van der Waals surface area contributed by atoms with Crippen molar-refractivity contribution in [2.24, 2.45) is 0 Å². The molecule has 6 heteroatoms. The molecule has 142 valence electrons. The van der Waals surface area contributed by atoms with E-state index in [1.54, 1.807) is 41.9 Å². The van der Waals surface area contributed by atoms with Gasteiger partial charge in [-0.05, 0) is 42.3 Å². The molecule has 0 aromatic heterocycles. The highest BCUT2D eigenvalue weighted by Gasteiger charge is 2.15. The Kier molecular flexibility index (Phi) is 6.38. The minimum atomic E-state index is -0.484. The van der Waals surface area contributed by atoms with E-state index in [1.165, 1.54) is 0 Å². The lowest BCUT2D eigenvalue weighted by Crippen LogP contribution is -2.19. The second-order valence-electron chi connectivity index (χ2n) is 6.06. The van der Waals surface area contributed by atoms with Gasteiger partial charge in [-0.25, -0.2) is 5.48 Å². The number of para-hydroxylation sites is 3. The van der Waals surface area contributed by atoms with Crippen LogP contribution in [0.15, 0.2) is 78.9 Å². The second kappa shape index (κ2) is 9.34. The highest BCUT2D eigenvalue weighted by molar-refractivity contribution is 6.06. The van der Waals surface area contributed by atoms with Crippen molar-refractivity contribution in [1.29, 1.82) is 0 Å². The number of hydroxylamine groups is 1. The maximum Gasteiger partial charge on any atom is 0.259 e. The Morgan fingerprint density at radius 3 is 2.32 bits per heavy atom. The highest BCUT2D eigenvalue weighted by atomic mass is 16.5. The number of carbonyl (C=O) groups is 2. The third-order valence-electron chi connectivity index (χ3n) is 4.11. The molecule has 3 N–H and O–H groups in total. The number of amides is 2. The van der Waals surface area contributed by atoms with Crippen molar-refractivity contribution in [1.82, 2.24) is 5.48 Å². The van der Waals surface area contributed by atoms with Gasteiger partial charge < -0.3 is 10.1 Å². The normalized spacial score (nSPS) is 10.2. The van der Waals surface area contributed by atoms with E-state index in [2.05, 4.69) is 5.32 Å². The molecule has 0 spiro atoms. The molecule has 3 aromatic rings. The van der Waals surface area contributed by atoms with E-state index in [0.717, 1.165) is 5.56 Å². The van der Waals surface area contributed by atoms with Crippen molar-refractivity contribution in [3.05, 3.63) is 90.0 Å². The summed E-state index contributed by atoms with van der Waals surface area (Å²) in [6.45, 7) is 0. The van der Waals surface area contributed by atoms with Crippen molar-refractivity contribution in [2.75, 3.05) is 5.32 Å². The first kappa shape index (κ1) is 19.1. The third kappa shape index (κ3) is 4.96. The fourth-order valence-electron chi connectivity index (χ4n) is 2.71. The molecule has 0 saturated carbocycles. The number of nitrogens with one attached hydrogen (secondary N) is 2. The van der Waals surface area contributed by atoms with Crippen LogP contribution in [0.2, 0.25) is 0 Å². The summed E-state index contributed by atoms with van der Waals surface area (Å²) in [4.78, 5) is 24.2. The molecule has 0 bridgehead atoms. The summed E-state index contributed by atoms with van der Waals surface area (Å²) < 4.78 is 5.85. The van der Waals surface area contributed by atoms with Gasteiger partial charge in [0.1, 0.15) is 11.5 Å². The number of aryl methyl sites for hydroxylation is 1. The van der Waals surface area contributed by atoms with Crippen LogP contribution in [0, 0.1) is 0 Å². The molecule has 0 aliphatic heterocycles. The van der Waals surface area contributed by atoms with Gasteiger partial charge in [0.2, 0.25) is 5.91 Å². The lowest BCUT2D eigenvalue weighted by atomic mass is 10.1. The van der Waals surface area contributed by atoms with Crippen LogP contribution in [0.4, 0.5) is 5.69 Å². The first-order valence-corrected chi connectivity index (χ1v) is 8.81. The molecule has 0 aliphatic carbocycles. The van der Waals surface area contributed by atoms with Gasteiger partial charge in [-0.2, -0.15) is 0 Å². The molecular formula is C22H20N2O4. The number of carbonyl (C=O) groups excluding carboxylic acids is 2. The van der Waals surface area contributed by atoms with Crippen LogP contribution in [-0.4, -0.2) is 17.0 Å².